The number of aromatic nitrogens is 3. The number of benzene rings is 1. The zero-order valence-electron chi connectivity index (χ0n) is 15.8. The van der Waals surface area contributed by atoms with Crippen LogP contribution in [0.1, 0.15) is 61.4 Å². The van der Waals surface area contributed by atoms with Gasteiger partial charge < -0.3 is 13.8 Å². The lowest BCUT2D eigenvalue weighted by Crippen LogP contribution is -2.33. The van der Waals surface area contributed by atoms with E-state index in [1.807, 2.05) is 0 Å². The molecule has 2 aromatic heterocycles. The van der Waals surface area contributed by atoms with Gasteiger partial charge in [0.25, 0.3) is 0 Å². The molecule has 1 aromatic carbocycles. The van der Waals surface area contributed by atoms with Crippen LogP contribution in [-0.2, 0) is 0 Å². The third-order valence-electron chi connectivity index (χ3n) is 5.86. The second-order valence-electron chi connectivity index (χ2n) is 7.67. The molecule has 3 heterocycles. The molecule has 0 bridgehead atoms. The molecule has 0 atom stereocenters. The highest BCUT2D eigenvalue weighted by atomic mass is 19.1. The predicted molar refractivity (Wildman–Crippen MR) is 102 cm³/mol. The number of nitrogens with zero attached hydrogens (tertiary/aromatic N) is 5. The molecule has 0 spiro atoms. The molecule has 3 aromatic rings. The van der Waals surface area contributed by atoms with Crippen LogP contribution in [-0.4, -0.2) is 28.2 Å². The van der Waals surface area contributed by atoms with Crippen LogP contribution in [0.15, 0.2) is 33.2 Å². The summed E-state index contributed by atoms with van der Waals surface area (Å²) >= 11 is 0. The molecule has 1 saturated carbocycles. The van der Waals surface area contributed by atoms with Gasteiger partial charge in [0.1, 0.15) is 11.9 Å². The number of hydrogen-bond acceptors (Lipinski definition) is 7. The number of rotatable bonds is 4. The van der Waals surface area contributed by atoms with Crippen LogP contribution in [0.5, 0.6) is 0 Å². The summed E-state index contributed by atoms with van der Waals surface area (Å²) in [6.45, 7) is 1.46. The van der Waals surface area contributed by atoms with Crippen molar-refractivity contribution in [3.63, 3.8) is 0 Å². The van der Waals surface area contributed by atoms with Crippen LogP contribution in [0.25, 0.3) is 11.4 Å². The monoisotopic (exact) mass is 393 g/mol. The van der Waals surface area contributed by atoms with Gasteiger partial charge in [0.15, 0.2) is 0 Å². The minimum Gasteiger partial charge on any atom is -0.423 e. The zero-order chi connectivity index (χ0) is 19.8. The molecule has 1 aliphatic heterocycles. The lowest BCUT2D eigenvalue weighted by Gasteiger charge is -2.30. The van der Waals surface area contributed by atoms with Gasteiger partial charge in [0.05, 0.1) is 0 Å². The SMILES string of the molecule is N#Cc1nc(C2CCC2)oc1N1CCC(c2nc(-c3ccc(F)cc3)no2)CC1. The van der Waals surface area contributed by atoms with Crippen LogP contribution < -0.4 is 4.90 Å². The average molecular weight is 393 g/mol. The van der Waals surface area contributed by atoms with Crippen molar-refractivity contribution in [1.82, 2.24) is 15.1 Å². The summed E-state index contributed by atoms with van der Waals surface area (Å²) in [7, 11) is 0. The smallest absolute Gasteiger partial charge is 0.234 e. The Morgan fingerprint density at radius 3 is 2.38 bits per heavy atom. The van der Waals surface area contributed by atoms with Crippen molar-refractivity contribution in [3.05, 3.63) is 47.6 Å². The van der Waals surface area contributed by atoms with Crippen LogP contribution in [0, 0.1) is 17.1 Å². The Kier molecular flexibility index (Phi) is 4.51. The zero-order valence-corrected chi connectivity index (χ0v) is 15.8. The molecular formula is C21H20FN5O2. The highest BCUT2D eigenvalue weighted by Crippen LogP contribution is 2.39. The molecule has 1 aliphatic carbocycles. The van der Waals surface area contributed by atoms with Crippen molar-refractivity contribution in [3.8, 4) is 17.5 Å². The maximum Gasteiger partial charge on any atom is 0.234 e. The van der Waals surface area contributed by atoms with E-state index in [0.29, 0.717) is 35.1 Å². The predicted octanol–water partition coefficient (Wildman–Crippen LogP) is 4.39. The van der Waals surface area contributed by atoms with Crippen molar-refractivity contribution in [2.45, 2.75) is 43.9 Å². The molecule has 7 nitrogen and oxygen atoms in total. The lowest BCUT2D eigenvalue weighted by molar-refractivity contribution is 0.317. The lowest BCUT2D eigenvalue weighted by atomic mass is 9.85. The first-order valence-corrected chi connectivity index (χ1v) is 9.96. The summed E-state index contributed by atoms with van der Waals surface area (Å²) in [4.78, 5) is 11.0. The molecule has 8 heteroatoms. The van der Waals surface area contributed by atoms with E-state index in [-0.39, 0.29) is 11.7 Å². The second-order valence-corrected chi connectivity index (χ2v) is 7.67. The third-order valence-corrected chi connectivity index (χ3v) is 5.86. The van der Waals surface area contributed by atoms with Crippen LogP contribution >= 0.6 is 0 Å². The van der Waals surface area contributed by atoms with Gasteiger partial charge in [-0.3, -0.25) is 0 Å². The van der Waals surface area contributed by atoms with Gasteiger partial charge in [0.2, 0.25) is 29.2 Å². The fourth-order valence-corrected chi connectivity index (χ4v) is 3.89. The molecular weight excluding hydrogens is 373 g/mol. The molecule has 0 radical (unpaired) electrons. The summed E-state index contributed by atoms with van der Waals surface area (Å²) in [5.74, 6) is 2.56. The van der Waals surface area contributed by atoms with Crippen LogP contribution in [0.3, 0.4) is 0 Å². The van der Waals surface area contributed by atoms with E-state index in [0.717, 1.165) is 44.3 Å². The number of halogens is 1. The van der Waals surface area contributed by atoms with E-state index in [9.17, 15) is 9.65 Å². The summed E-state index contributed by atoms with van der Waals surface area (Å²) in [6.07, 6.45) is 4.99. The van der Waals surface area contributed by atoms with E-state index in [2.05, 4.69) is 26.1 Å². The van der Waals surface area contributed by atoms with E-state index in [1.54, 1.807) is 12.1 Å². The molecule has 148 valence electrons. The van der Waals surface area contributed by atoms with E-state index < -0.39 is 0 Å². The Bertz CT molecular complexity index is 1040. The summed E-state index contributed by atoms with van der Waals surface area (Å²) in [5.41, 5.74) is 1.10. The van der Waals surface area contributed by atoms with Crippen molar-refractivity contribution in [2.75, 3.05) is 18.0 Å². The Morgan fingerprint density at radius 2 is 1.72 bits per heavy atom. The van der Waals surface area contributed by atoms with Gasteiger partial charge in [-0.1, -0.05) is 11.6 Å². The minimum atomic E-state index is -0.297. The van der Waals surface area contributed by atoms with Gasteiger partial charge in [-0.05, 0) is 49.9 Å². The third kappa shape index (κ3) is 3.37. The molecule has 0 amide bonds. The first-order chi connectivity index (χ1) is 14.2. The van der Waals surface area contributed by atoms with Crippen molar-refractivity contribution in [2.24, 2.45) is 0 Å². The number of oxazole rings is 1. The Labute approximate surface area is 167 Å². The average Bonchev–Trinajstić information content (AvgIpc) is 3.35. The maximum absolute atomic E-state index is 13.1. The van der Waals surface area contributed by atoms with Crippen LogP contribution in [0.2, 0.25) is 0 Å². The van der Waals surface area contributed by atoms with Crippen molar-refractivity contribution in [1.29, 1.82) is 5.26 Å². The number of hydrogen-bond donors (Lipinski definition) is 0. The normalized spacial score (nSPS) is 17.9. The molecule has 2 aliphatic rings. The van der Waals surface area contributed by atoms with E-state index >= 15 is 0 Å². The summed E-state index contributed by atoms with van der Waals surface area (Å²) < 4.78 is 24.5. The van der Waals surface area contributed by atoms with Crippen molar-refractivity contribution >= 4 is 5.88 Å². The quantitative estimate of drug-likeness (QED) is 0.649. The van der Waals surface area contributed by atoms with Crippen molar-refractivity contribution < 1.29 is 13.3 Å². The Morgan fingerprint density at radius 1 is 1.00 bits per heavy atom. The highest BCUT2D eigenvalue weighted by Gasteiger charge is 2.31. The first kappa shape index (κ1) is 17.9. The van der Waals surface area contributed by atoms with Gasteiger partial charge >= 0.3 is 0 Å². The second kappa shape index (κ2) is 7.32. The van der Waals surface area contributed by atoms with E-state index in [4.69, 9.17) is 8.94 Å². The van der Waals surface area contributed by atoms with Gasteiger partial charge in [-0.15, -0.1) is 0 Å². The molecule has 2 fully saturated rings. The highest BCUT2D eigenvalue weighted by molar-refractivity contribution is 5.54. The standard InChI is InChI=1S/C21H20FN5O2/c22-16-6-4-13(5-7-16)18-25-20(29-26-18)15-8-10-27(11-9-15)21-17(12-23)24-19(28-21)14-2-1-3-14/h4-7,14-15H,1-3,8-11H2. The van der Waals surface area contributed by atoms with Gasteiger partial charge in [-0.25, -0.2) is 9.37 Å². The van der Waals surface area contributed by atoms with Crippen LogP contribution in [0.4, 0.5) is 10.3 Å². The molecule has 0 N–H and O–H groups in total. The minimum absolute atomic E-state index is 0.146. The topological polar surface area (TPSA) is 92.0 Å². The molecule has 29 heavy (non-hydrogen) atoms. The Balaban J connectivity index is 1.27. The maximum atomic E-state index is 13.1. The fraction of sp³-hybridized carbons (Fsp3) is 0.429. The van der Waals surface area contributed by atoms with E-state index in [1.165, 1.54) is 18.6 Å². The summed E-state index contributed by atoms with van der Waals surface area (Å²) in [5, 5.41) is 13.5. The molecule has 0 unspecified atom stereocenters. The largest absolute Gasteiger partial charge is 0.423 e. The fourth-order valence-electron chi connectivity index (χ4n) is 3.89. The van der Waals surface area contributed by atoms with Gasteiger partial charge in [-0.2, -0.15) is 10.2 Å². The number of anilines is 1. The Hall–Kier alpha value is -3.21. The molecule has 5 rings (SSSR count). The first-order valence-electron chi connectivity index (χ1n) is 9.96. The number of nitriles is 1. The summed E-state index contributed by atoms with van der Waals surface area (Å²) in [6, 6.07) is 8.21. The molecule has 1 saturated heterocycles. The number of piperidine rings is 1. The van der Waals surface area contributed by atoms with Gasteiger partial charge in [0, 0.05) is 30.5 Å².